The molecule has 0 saturated heterocycles. The quantitative estimate of drug-likeness (QED) is 0.391. The summed E-state index contributed by atoms with van der Waals surface area (Å²) in [6.45, 7) is 5.34. The maximum Gasteiger partial charge on any atom is 0.416 e. The first-order chi connectivity index (χ1) is 13.6. The molecule has 1 amide bonds. The van der Waals surface area contributed by atoms with E-state index >= 15 is 0 Å². The molecular formula is C19H17Br2ClFN3O2S. The Morgan fingerprint density at radius 1 is 1.41 bits per heavy atom. The van der Waals surface area contributed by atoms with Gasteiger partial charge in [-0.05, 0) is 38.5 Å². The number of halogens is 4. The normalized spacial score (nSPS) is 17.4. The van der Waals surface area contributed by atoms with Crippen molar-refractivity contribution in [1.82, 2.24) is 9.88 Å². The van der Waals surface area contributed by atoms with Gasteiger partial charge in [0, 0.05) is 26.4 Å². The number of nitrogens with zero attached hydrogens (tertiary/aromatic N) is 3. The zero-order chi connectivity index (χ0) is 21.3. The van der Waals surface area contributed by atoms with Gasteiger partial charge >= 0.3 is 6.09 Å². The molecule has 1 unspecified atom stereocenters. The second-order valence-corrected chi connectivity index (χ2v) is 9.84. The summed E-state index contributed by atoms with van der Waals surface area (Å²) >= 11 is 14.7. The lowest BCUT2D eigenvalue weighted by Gasteiger charge is -2.37. The molecule has 154 valence electrons. The van der Waals surface area contributed by atoms with Gasteiger partial charge in [-0.15, -0.1) is 11.3 Å². The van der Waals surface area contributed by atoms with E-state index in [2.05, 4.69) is 41.8 Å². The Morgan fingerprint density at radius 3 is 2.69 bits per heavy atom. The first-order valence-electron chi connectivity index (χ1n) is 8.52. The van der Waals surface area contributed by atoms with Crippen molar-refractivity contribution in [1.29, 1.82) is 0 Å². The van der Waals surface area contributed by atoms with Gasteiger partial charge in [-0.3, -0.25) is 0 Å². The Morgan fingerprint density at radius 2 is 2.14 bits per heavy atom. The lowest BCUT2D eigenvalue weighted by atomic mass is 10.0. The second-order valence-electron chi connectivity index (χ2n) is 7.12. The maximum absolute atomic E-state index is 13.7. The number of thiazole rings is 1. The minimum absolute atomic E-state index is 0.190. The van der Waals surface area contributed by atoms with E-state index in [4.69, 9.17) is 16.3 Å². The van der Waals surface area contributed by atoms with Gasteiger partial charge < -0.3 is 4.74 Å². The fourth-order valence-corrected chi connectivity index (χ4v) is 5.09. The number of hydrogen-bond acceptors (Lipinski definition) is 5. The number of carbonyl (C=O) groups is 1. The van der Waals surface area contributed by atoms with Crippen molar-refractivity contribution in [3.8, 4) is 0 Å². The van der Waals surface area contributed by atoms with Crippen LogP contribution in [-0.4, -0.2) is 32.7 Å². The molecular weight excluding hydrogens is 549 g/mol. The summed E-state index contributed by atoms with van der Waals surface area (Å²) in [5.41, 5.74) is 0.474. The molecule has 29 heavy (non-hydrogen) atoms. The predicted octanol–water partition coefficient (Wildman–Crippen LogP) is 6.68. The summed E-state index contributed by atoms with van der Waals surface area (Å²) in [5.74, 6) is -0.120. The van der Waals surface area contributed by atoms with E-state index in [0.29, 0.717) is 31.9 Å². The Balaban J connectivity index is 2.22. The molecule has 1 aliphatic heterocycles. The molecule has 0 aliphatic carbocycles. The van der Waals surface area contributed by atoms with E-state index < -0.39 is 23.6 Å². The van der Waals surface area contributed by atoms with Crippen LogP contribution in [0.15, 0.2) is 44.9 Å². The number of benzene rings is 1. The number of aliphatic imine (C=N–C) groups is 1. The number of amidine groups is 1. The number of hydrogen-bond donors (Lipinski definition) is 0. The molecule has 3 rings (SSSR count). The molecule has 1 aromatic carbocycles. The summed E-state index contributed by atoms with van der Waals surface area (Å²) in [6, 6.07) is 3.38. The van der Waals surface area contributed by atoms with Gasteiger partial charge in [0.05, 0.1) is 5.70 Å². The third-order valence-electron chi connectivity index (χ3n) is 3.84. The van der Waals surface area contributed by atoms with Crippen LogP contribution in [0.25, 0.3) is 0 Å². The Hall–Kier alpha value is -1.29. The number of rotatable bonds is 3. The minimum Gasteiger partial charge on any atom is -0.443 e. The highest BCUT2D eigenvalue weighted by atomic mass is 79.9. The summed E-state index contributed by atoms with van der Waals surface area (Å²) in [7, 11) is 0. The molecule has 0 spiro atoms. The van der Waals surface area contributed by atoms with Gasteiger partial charge in [0.15, 0.2) is 10.8 Å². The molecule has 0 bridgehead atoms. The van der Waals surface area contributed by atoms with Crippen LogP contribution in [0.2, 0.25) is 5.02 Å². The van der Waals surface area contributed by atoms with Crippen LogP contribution in [0.4, 0.5) is 9.18 Å². The number of allylic oxidation sites excluding steroid dienone is 1. The lowest BCUT2D eigenvalue weighted by Crippen LogP contribution is -2.45. The van der Waals surface area contributed by atoms with Gasteiger partial charge in [-0.2, -0.15) is 0 Å². The van der Waals surface area contributed by atoms with Crippen molar-refractivity contribution in [2.75, 3.05) is 5.33 Å². The topological polar surface area (TPSA) is 54.8 Å². The highest BCUT2D eigenvalue weighted by molar-refractivity contribution is 9.12. The number of ether oxygens (including phenoxy) is 1. The van der Waals surface area contributed by atoms with Crippen molar-refractivity contribution >= 4 is 66.7 Å². The van der Waals surface area contributed by atoms with Gasteiger partial charge in [-0.1, -0.05) is 49.5 Å². The van der Waals surface area contributed by atoms with E-state index in [1.807, 2.05) is 0 Å². The zero-order valence-electron chi connectivity index (χ0n) is 15.7. The van der Waals surface area contributed by atoms with Crippen LogP contribution >= 0.6 is 54.8 Å². The van der Waals surface area contributed by atoms with Gasteiger partial charge in [0.25, 0.3) is 0 Å². The van der Waals surface area contributed by atoms with Crippen LogP contribution in [0, 0.1) is 5.82 Å². The van der Waals surface area contributed by atoms with Crippen LogP contribution < -0.4 is 0 Å². The molecule has 10 heteroatoms. The minimum atomic E-state index is -0.728. The highest BCUT2D eigenvalue weighted by Crippen LogP contribution is 2.43. The summed E-state index contributed by atoms with van der Waals surface area (Å²) in [4.78, 5) is 23.6. The fourth-order valence-electron chi connectivity index (χ4n) is 2.71. The van der Waals surface area contributed by atoms with E-state index in [1.54, 1.807) is 38.4 Å². The summed E-state index contributed by atoms with van der Waals surface area (Å²) in [6.07, 6.45) is 1.03. The SMILES string of the molecule is CC(C)(C)OC(=O)N1C(c2nccs2)=NC(CBr)=C(Br)C1c1ccc(F)cc1Cl. The highest BCUT2D eigenvalue weighted by Gasteiger charge is 2.40. The maximum atomic E-state index is 13.7. The molecule has 1 aromatic heterocycles. The molecule has 0 fully saturated rings. The van der Waals surface area contributed by atoms with Crippen LogP contribution in [0.5, 0.6) is 0 Å². The van der Waals surface area contributed by atoms with E-state index in [0.717, 1.165) is 0 Å². The van der Waals surface area contributed by atoms with Crippen molar-refractivity contribution in [3.05, 3.63) is 61.4 Å². The molecule has 0 radical (unpaired) electrons. The van der Waals surface area contributed by atoms with Crippen molar-refractivity contribution in [2.24, 2.45) is 4.99 Å². The van der Waals surface area contributed by atoms with Crippen LogP contribution in [0.1, 0.15) is 37.4 Å². The zero-order valence-corrected chi connectivity index (χ0v) is 20.5. The molecule has 5 nitrogen and oxygen atoms in total. The largest absolute Gasteiger partial charge is 0.443 e. The molecule has 1 atom stereocenters. The third-order valence-corrected chi connectivity index (χ3v) is 6.36. The van der Waals surface area contributed by atoms with Crippen molar-refractivity contribution < 1.29 is 13.9 Å². The fraction of sp³-hybridized carbons (Fsp3) is 0.316. The third kappa shape index (κ3) is 4.90. The molecule has 2 aromatic rings. The van der Waals surface area contributed by atoms with Gasteiger partial charge in [-0.25, -0.2) is 24.1 Å². The average molecular weight is 566 g/mol. The second kappa shape index (κ2) is 8.83. The van der Waals surface area contributed by atoms with E-state index in [-0.39, 0.29) is 5.02 Å². The standard InChI is InChI=1S/C19H17Br2ClFN3O2S/c1-19(2,3)28-18(27)26-15(11-5-4-10(23)8-12(11)22)14(21)13(9-20)25-16(26)17-24-6-7-29-17/h4-8,15H,9H2,1-3H3. The number of alkyl halides is 1. The molecule has 0 saturated carbocycles. The van der Waals surface area contributed by atoms with Crippen LogP contribution in [-0.2, 0) is 4.74 Å². The first kappa shape index (κ1) is 22.4. The monoisotopic (exact) mass is 563 g/mol. The van der Waals surface area contributed by atoms with Crippen molar-refractivity contribution in [3.63, 3.8) is 0 Å². The number of amides is 1. The molecule has 1 aliphatic rings. The van der Waals surface area contributed by atoms with E-state index in [9.17, 15) is 9.18 Å². The first-order valence-corrected chi connectivity index (χ1v) is 11.7. The lowest BCUT2D eigenvalue weighted by molar-refractivity contribution is 0.0331. The molecule has 0 N–H and O–H groups in total. The van der Waals surface area contributed by atoms with E-state index in [1.165, 1.54) is 28.4 Å². The Labute approximate surface area is 193 Å². The van der Waals surface area contributed by atoms with Crippen molar-refractivity contribution in [2.45, 2.75) is 32.4 Å². The van der Waals surface area contributed by atoms with Gasteiger partial charge in [0.2, 0.25) is 0 Å². The summed E-state index contributed by atoms with van der Waals surface area (Å²) in [5, 5.41) is 2.97. The average Bonchev–Trinajstić information content (AvgIpc) is 3.15. The Bertz CT molecular complexity index is 990. The smallest absolute Gasteiger partial charge is 0.416 e. The summed E-state index contributed by atoms with van der Waals surface area (Å²) < 4.78 is 19.9. The predicted molar refractivity (Wildman–Crippen MR) is 121 cm³/mol. The van der Waals surface area contributed by atoms with Gasteiger partial charge in [0.1, 0.15) is 17.5 Å². The Kier molecular flexibility index (Phi) is 6.82. The van der Waals surface area contributed by atoms with Crippen LogP contribution in [0.3, 0.4) is 0 Å². The number of carbonyl (C=O) groups excluding carboxylic acids is 1. The number of aromatic nitrogens is 1. The molecule has 2 heterocycles.